The van der Waals surface area contributed by atoms with Gasteiger partial charge in [0.1, 0.15) is 0 Å². The predicted octanol–water partition coefficient (Wildman–Crippen LogP) is 4.76. The second kappa shape index (κ2) is 11.2. The molecule has 0 spiro atoms. The van der Waals surface area contributed by atoms with E-state index in [1.807, 2.05) is 33.0 Å². The van der Waals surface area contributed by atoms with Crippen molar-refractivity contribution >= 4 is 5.57 Å². The molecule has 1 N–H and O–H groups in total. The van der Waals surface area contributed by atoms with E-state index < -0.39 is 0 Å². The molecule has 0 unspecified atom stereocenters. The van der Waals surface area contributed by atoms with E-state index in [1.54, 1.807) is 0 Å². The van der Waals surface area contributed by atoms with Crippen LogP contribution in [0.2, 0.25) is 0 Å². The van der Waals surface area contributed by atoms with E-state index >= 15 is 0 Å². The van der Waals surface area contributed by atoms with Crippen molar-refractivity contribution in [2.45, 2.75) is 47.1 Å². The number of aromatic amines is 1. The SMILES string of the molecule is C=C(C)/C(=C\C(=C/CC)c1ccc(CN2CCOCC2)nc1)Cc1c(C)cc(C)[nH]c1=O. The van der Waals surface area contributed by atoms with Crippen molar-refractivity contribution in [1.29, 1.82) is 0 Å². The van der Waals surface area contributed by atoms with Crippen molar-refractivity contribution in [3.8, 4) is 0 Å². The van der Waals surface area contributed by atoms with Gasteiger partial charge in [0.15, 0.2) is 0 Å². The molecular weight excluding hydrogens is 398 g/mol. The van der Waals surface area contributed by atoms with Crippen LogP contribution in [0.25, 0.3) is 5.57 Å². The first-order valence-electron chi connectivity index (χ1n) is 11.4. The van der Waals surface area contributed by atoms with Crippen LogP contribution in [-0.4, -0.2) is 41.2 Å². The molecule has 0 amide bonds. The Morgan fingerprint density at radius 2 is 2.03 bits per heavy atom. The number of rotatable bonds is 8. The number of allylic oxidation sites excluding steroid dienone is 5. The van der Waals surface area contributed by atoms with Gasteiger partial charge in [0.05, 0.1) is 18.9 Å². The van der Waals surface area contributed by atoms with Gasteiger partial charge in [0, 0.05) is 43.5 Å². The molecule has 2 aromatic rings. The Labute approximate surface area is 191 Å². The van der Waals surface area contributed by atoms with Crippen molar-refractivity contribution in [2.75, 3.05) is 26.3 Å². The minimum atomic E-state index is -0.0233. The Hall–Kier alpha value is -2.76. The van der Waals surface area contributed by atoms with Crippen molar-refractivity contribution in [2.24, 2.45) is 0 Å². The molecule has 5 nitrogen and oxygen atoms in total. The quantitative estimate of drug-likeness (QED) is 0.610. The Balaban J connectivity index is 1.85. The number of morpholine rings is 1. The van der Waals surface area contributed by atoms with Crippen molar-refractivity contribution in [3.63, 3.8) is 0 Å². The lowest BCUT2D eigenvalue weighted by molar-refractivity contribution is 0.0336. The highest BCUT2D eigenvalue weighted by Crippen LogP contribution is 2.23. The van der Waals surface area contributed by atoms with Crippen LogP contribution in [0.5, 0.6) is 0 Å². The normalized spacial score (nSPS) is 15.8. The molecule has 1 saturated heterocycles. The van der Waals surface area contributed by atoms with E-state index in [2.05, 4.69) is 47.7 Å². The largest absolute Gasteiger partial charge is 0.379 e. The summed E-state index contributed by atoms with van der Waals surface area (Å²) in [5.41, 5.74) is 7.92. The summed E-state index contributed by atoms with van der Waals surface area (Å²) in [4.78, 5) is 22.6. The number of aryl methyl sites for hydroxylation is 2. The maximum absolute atomic E-state index is 12.6. The number of pyridine rings is 2. The van der Waals surface area contributed by atoms with E-state index in [0.717, 1.165) is 84.1 Å². The number of nitrogens with zero attached hydrogens (tertiary/aromatic N) is 2. The van der Waals surface area contributed by atoms with Gasteiger partial charge in [0.25, 0.3) is 5.56 Å². The summed E-state index contributed by atoms with van der Waals surface area (Å²) in [6.45, 7) is 16.5. The summed E-state index contributed by atoms with van der Waals surface area (Å²) in [7, 11) is 0. The average Bonchev–Trinajstić information content (AvgIpc) is 2.76. The van der Waals surface area contributed by atoms with Gasteiger partial charge < -0.3 is 9.72 Å². The molecule has 3 heterocycles. The van der Waals surface area contributed by atoms with Gasteiger partial charge in [-0.05, 0) is 61.6 Å². The molecule has 0 atom stereocenters. The van der Waals surface area contributed by atoms with E-state index in [9.17, 15) is 4.79 Å². The topological polar surface area (TPSA) is 58.2 Å². The Morgan fingerprint density at radius 3 is 2.62 bits per heavy atom. The molecule has 1 aliphatic heterocycles. The highest BCUT2D eigenvalue weighted by Gasteiger charge is 2.13. The van der Waals surface area contributed by atoms with Crippen LogP contribution in [0, 0.1) is 13.8 Å². The second-order valence-corrected chi connectivity index (χ2v) is 8.56. The van der Waals surface area contributed by atoms with Crippen LogP contribution in [0.1, 0.15) is 48.3 Å². The molecule has 3 rings (SSSR count). The number of H-pyrrole nitrogens is 1. The molecular formula is C27H35N3O2. The Bertz CT molecular complexity index is 1060. The monoisotopic (exact) mass is 433 g/mol. The van der Waals surface area contributed by atoms with E-state index in [0.29, 0.717) is 6.42 Å². The van der Waals surface area contributed by atoms with Crippen molar-refractivity contribution < 1.29 is 4.74 Å². The van der Waals surface area contributed by atoms with Gasteiger partial charge in [-0.1, -0.05) is 37.3 Å². The molecule has 0 bridgehead atoms. The smallest absolute Gasteiger partial charge is 0.251 e. The zero-order chi connectivity index (χ0) is 23.1. The number of hydrogen-bond acceptors (Lipinski definition) is 4. The van der Waals surface area contributed by atoms with Crippen LogP contribution in [0.15, 0.2) is 59.1 Å². The van der Waals surface area contributed by atoms with Crippen LogP contribution < -0.4 is 5.56 Å². The third-order valence-electron chi connectivity index (χ3n) is 5.81. The van der Waals surface area contributed by atoms with Crippen LogP contribution in [-0.2, 0) is 17.7 Å². The average molecular weight is 434 g/mol. The molecule has 5 heteroatoms. The lowest BCUT2D eigenvalue weighted by Crippen LogP contribution is -2.35. The van der Waals surface area contributed by atoms with Crippen LogP contribution in [0.3, 0.4) is 0 Å². The first-order valence-corrected chi connectivity index (χ1v) is 11.4. The van der Waals surface area contributed by atoms with Crippen LogP contribution in [0.4, 0.5) is 0 Å². The molecule has 170 valence electrons. The Morgan fingerprint density at radius 1 is 1.28 bits per heavy atom. The lowest BCUT2D eigenvalue weighted by Gasteiger charge is -2.26. The van der Waals surface area contributed by atoms with Crippen LogP contribution >= 0.6 is 0 Å². The maximum Gasteiger partial charge on any atom is 0.251 e. The van der Waals surface area contributed by atoms with E-state index in [1.165, 1.54) is 0 Å². The van der Waals surface area contributed by atoms with Gasteiger partial charge in [-0.25, -0.2) is 0 Å². The van der Waals surface area contributed by atoms with E-state index in [4.69, 9.17) is 9.72 Å². The maximum atomic E-state index is 12.6. The van der Waals surface area contributed by atoms with Gasteiger partial charge in [-0.3, -0.25) is 14.7 Å². The Kier molecular flexibility index (Phi) is 8.37. The van der Waals surface area contributed by atoms with Crippen molar-refractivity contribution in [3.05, 3.63) is 92.7 Å². The summed E-state index contributed by atoms with van der Waals surface area (Å²) < 4.78 is 5.43. The predicted molar refractivity (Wildman–Crippen MR) is 132 cm³/mol. The fourth-order valence-corrected chi connectivity index (χ4v) is 3.96. The van der Waals surface area contributed by atoms with Crippen molar-refractivity contribution in [1.82, 2.24) is 14.9 Å². The highest BCUT2D eigenvalue weighted by molar-refractivity contribution is 5.75. The third kappa shape index (κ3) is 6.38. The number of hydrogen-bond donors (Lipinski definition) is 1. The van der Waals surface area contributed by atoms with Gasteiger partial charge in [-0.2, -0.15) is 0 Å². The van der Waals surface area contributed by atoms with Gasteiger partial charge in [-0.15, -0.1) is 0 Å². The second-order valence-electron chi connectivity index (χ2n) is 8.56. The summed E-state index contributed by atoms with van der Waals surface area (Å²) in [5, 5.41) is 0. The molecule has 0 aromatic carbocycles. The molecule has 2 aromatic heterocycles. The number of aromatic nitrogens is 2. The summed E-state index contributed by atoms with van der Waals surface area (Å²) in [6.07, 6.45) is 7.78. The minimum absolute atomic E-state index is 0.0233. The number of nitrogens with one attached hydrogen (secondary N) is 1. The fourth-order valence-electron chi connectivity index (χ4n) is 3.96. The minimum Gasteiger partial charge on any atom is -0.379 e. The third-order valence-corrected chi connectivity index (χ3v) is 5.81. The summed E-state index contributed by atoms with van der Waals surface area (Å²) in [6, 6.07) is 6.27. The van der Waals surface area contributed by atoms with Gasteiger partial charge in [0.2, 0.25) is 0 Å². The summed E-state index contributed by atoms with van der Waals surface area (Å²) in [5.74, 6) is 0. The lowest BCUT2D eigenvalue weighted by atomic mass is 9.94. The molecule has 1 aliphatic rings. The standard InChI is InChI=1S/C27H35N3O2/c1-6-7-22(23-8-9-25(28-17-23)18-30-10-12-32-13-11-30)15-24(19(2)3)16-26-20(4)14-21(5)29-27(26)31/h7-9,14-15,17H,2,6,10-13,16,18H2,1,3-5H3,(H,29,31)/b22-7+,24-15-. The molecule has 1 fully saturated rings. The first kappa shape index (κ1) is 23.9. The first-order chi connectivity index (χ1) is 15.4. The van der Waals surface area contributed by atoms with E-state index in [-0.39, 0.29) is 5.56 Å². The number of ether oxygens (including phenoxy) is 1. The molecule has 32 heavy (non-hydrogen) atoms. The fraction of sp³-hybridized carbons (Fsp3) is 0.407. The highest BCUT2D eigenvalue weighted by atomic mass is 16.5. The summed E-state index contributed by atoms with van der Waals surface area (Å²) >= 11 is 0. The van der Waals surface area contributed by atoms with Gasteiger partial charge >= 0.3 is 0 Å². The molecule has 0 radical (unpaired) electrons. The molecule has 0 aliphatic carbocycles. The zero-order valence-corrected chi connectivity index (χ0v) is 19.8. The molecule has 0 saturated carbocycles. The zero-order valence-electron chi connectivity index (χ0n) is 19.8.